The third kappa shape index (κ3) is 6.43. The molecule has 0 radical (unpaired) electrons. The first-order valence-corrected chi connectivity index (χ1v) is 12.5. The zero-order valence-corrected chi connectivity index (χ0v) is 22.1. The summed E-state index contributed by atoms with van der Waals surface area (Å²) in [6.07, 6.45) is 0. The summed E-state index contributed by atoms with van der Waals surface area (Å²) in [6.45, 7) is 7.00. The Labute approximate surface area is 225 Å². The van der Waals surface area contributed by atoms with Crippen LogP contribution in [-0.2, 0) is 33.3 Å². The molecule has 0 saturated heterocycles. The lowest BCUT2D eigenvalue weighted by Gasteiger charge is -2.25. The van der Waals surface area contributed by atoms with Crippen LogP contribution in [0.4, 0.5) is 11.4 Å². The van der Waals surface area contributed by atoms with Crippen LogP contribution in [0.1, 0.15) is 48.4 Å². The highest BCUT2D eigenvalue weighted by atomic mass is 16.5. The average Bonchev–Trinajstić information content (AvgIpc) is 3.21. The average molecular weight is 539 g/mol. The lowest BCUT2D eigenvalue weighted by atomic mass is 10.1. The molecule has 0 spiro atoms. The summed E-state index contributed by atoms with van der Waals surface area (Å²) in [5.41, 5.74) is 0.734. The third-order valence-corrected chi connectivity index (χ3v) is 5.56. The smallest absolute Gasteiger partial charge is 0.339 e. The van der Waals surface area contributed by atoms with Gasteiger partial charge in [0.1, 0.15) is 11.3 Å². The molecular formula is C28H30N2O9. The van der Waals surface area contributed by atoms with Crippen molar-refractivity contribution in [3.63, 3.8) is 0 Å². The molecule has 0 bridgehead atoms. The molecule has 1 atom stereocenters. The molecule has 1 aliphatic heterocycles. The molecule has 11 heteroatoms. The van der Waals surface area contributed by atoms with Gasteiger partial charge in [0.15, 0.2) is 6.04 Å². The van der Waals surface area contributed by atoms with Crippen LogP contribution in [-0.4, -0.2) is 62.3 Å². The van der Waals surface area contributed by atoms with Gasteiger partial charge in [0, 0.05) is 11.4 Å². The SMILES string of the molecule is CCOC(=O)C1=C(Nc2ccc(C(=O)OCC)cc2)C(=O)N(c2ccc(C(=O)OCC)cc2)C1C(=O)OCC. The third-order valence-electron chi connectivity index (χ3n) is 5.56. The van der Waals surface area contributed by atoms with E-state index >= 15 is 0 Å². The molecule has 1 amide bonds. The molecule has 2 aromatic carbocycles. The van der Waals surface area contributed by atoms with Crippen molar-refractivity contribution >= 4 is 41.2 Å². The van der Waals surface area contributed by atoms with Gasteiger partial charge in [0.25, 0.3) is 5.91 Å². The van der Waals surface area contributed by atoms with Gasteiger partial charge >= 0.3 is 23.9 Å². The first kappa shape index (κ1) is 28.9. The number of hydrogen-bond acceptors (Lipinski definition) is 10. The maximum Gasteiger partial charge on any atom is 0.339 e. The number of anilines is 2. The Balaban J connectivity index is 2.06. The number of esters is 4. The van der Waals surface area contributed by atoms with E-state index in [1.807, 2.05) is 0 Å². The molecule has 39 heavy (non-hydrogen) atoms. The minimum absolute atomic E-state index is 0.00181. The number of rotatable bonds is 11. The predicted molar refractivity (Wildman–Crippen MR) is 140 cm³/mol. The van der Waals surface area contributed by atoms with E-state index in [1.165, 1.54) is 48.5 Å². The molecule has 2 aromatic rings. The molecule has 0 fully saturated rings. The Hall–Kier alpha value is -4.67. The van der Waals surface area contributed by atoms with Crippen molar-refractivity contribution in [3.8, 4) is 0 Å². The molecule has 0 aliphatic carbocycles. The van der Waals surface area contributed by atoms with Crippen LogP contribution in [0, 0.1) is 0 Å². The topological polar surface area (TPSA) is 138 Å². The van der Waals surface area contributed by atoms with Gasteiger partial charge in [-0.1, -0.05) is 0 Å². The highest BCUT2D eigenvalue weighted by Crippen LogP contribution is 2.34. The van der Waals surface area contributed by atoms with Crippen LogP contribution in [0.15, 0.2) is 59.8 Å². The monoisotopic (exact) mass is 538 g/mol. The van der Waals surface area contributed by atoms with Crippen LogP contribution >= 0.6 is 0 Å². The van der Waals surface area contributed by atoms with Gasteiger partial charge in [0.05, 0.1) is 37.6 Å². The van der Waals surface area contributed by atoms with Crippen molar-refractivity contribution in [1.29, 1.82) is 0 Å². The Morgan fingerprint density at radius 1 is 0.692 bits per heavy atom. The minimum Gasteiger partial charge on any atom is -0.464 e. The molecule has 1 N–H and O–H groups in total. The second-order valence-electron chi connectivity index (χ2n) is 8.03. The van der Waals surface area contributed by atoms with E-state index in [0.29, 0.717) is 11.3 Å². The number of nitrogens with zero attached hydrogens (tertiary/aromatic N) is 1. The summed E-state index contributed by atoms with van der Waals surface area (Å²) in [5.74, 6) is -3.46. The van der Waals surface area contributed by atoms with E-state index in [-0.39, 0.29) is 48.9 Å². The Morgan fingerprint density at radius 3 is 1.64 bits per heavy atom. The van der Waals surface area contributed by atoms with E-state index in [1.54, 1.807) is 27.7 Å². The molecular weight excluding hydrogens is 508 g/mol. The summed E-state index contributed by atoms with van der Waals surface area (Å²) in [5, 5.41) is 2.90. The van der Waals surface area contributed by atoms with Crippen molar-refractivity contribution in [3.05, 3.63) is 70.9 Å². The lowest BCUT2D eigenvalue weighted by molar-refractivity contribution is -0.147. The van der Waals surface area contributed by atoms with Crippen molar-refractivity contribution in [2.45, 2.75) is 33.7 Å². The predicted octanol–water partition coefficient (Wildman–Crippen LogP) is 3.25. The van der Waals surface area contributed by atoms with Crippen molar-refractivity contribution in [1.82, 2.24) is 0 Å². The second-order valence-corrected chi connectivity index (χ2v) is 8.03. The Bertz CT molecular complexity index is 1270. The summed E-state index contributed by atoms with van der Waals surface area (Å²) < 4.78 is 20.4. The standard InChI is InChI=1S/C28H30N2O9/c1-5-36-25(32)17-9-13-19(14-10-17)29-22-21(27(34)38-7-3)23(28(35)39-8-4)30(24(22)31)20-15-11-18(12-16-20)26(33)37-6-2/h9-16,23,29H,5-8H2,1-4H3. The van der Waals surface area contributed by atoms with Gasteiger partial charge in [0.2, 0.25) is 0 Å². The number of carbonyl (C=O) groups is 5. The van der Waals surface area contributed by atoms with E-state index in [4.69, 9.17) is 18.9 Å². The highest BCUT2D eigenvalue weighted by molar-refractivity contribution is 6.22. The van der Waals surface area contributed by atoms with E-state index < -0.39 is 35.8 Å². The van der Waals surface area contributed by atoms with Gasteiger partial charge in [-0.05, 0) is 76.2 Å². The molecule has 3 rings (SSSR count). The Morgan fingerprint density at radius 2 is 1.15 bits per heavy atom. The zero-order chi connectivity index (χ0) is 28.5. The van der Waals surface area contributed by atoms with E-state index in [9.17, 15) is 24.0 Å². The molecule has 0 aromatic heterocycles. The number of nitrogens with one attached hydrogen (secondary N) is 1. The van der Waals surface area contributed by atoms with Crippen LogP contribution in [0.25, 0.3) is 0 Å². The quantitative estimate of drug-likeness (QED) is 0.335. The molecule has 206 valence electrons. The molecule has 1 unspecified atom stereocenters. The fraction of sp³-hybridized carbons (Fsp3) is 0.321. The minimum atomic E-state index is -1.45. The van der Waals surface area contributed by atoms with Crippen LogP contribution in [0.5, 0.6) is 0 Å². The fourth-order valence-corrected chi connectivity index (χ4v) is 3.89. The summed E-state index contributed by atoms with van der Waals surface area (Å²) >= 11 is 0. The van der Waals surface area contributed by atoms with E-state index in [0.717, 1.165) is 4.90 Å². The maximum absolute atomic E-state index is 13.8. The Kier molecular flexibility index (Phi) is 9.80. The number of ether oxygens (including phenoxy) is 4. The van der Waals surface area contributed by atoms with Gasteiger partial charge in [-0.3, -0.25) is 9.69 Å². The normalized spacial score (nSPS) is 14.6. The summed E-state index contributed by atoms with van der Waals surface area (Å²) in [6, 6.07) is 10.5. The maximum atomic E-state index is 13.8. The number of amides is 1. The number of hydrogen-bond donors (Lipinski definition) is 1. The highest BCUT2D eigenvalue weighted by Gasteiger charge is 2.49. The zero-order valence-electron chi connectivity index (χ0n) is 22.1. The fourth-order valence-electron chi connectivity index (χ4n) is 3.89. The summed E-state index contributed by atoms with van der Waals surface area (Å²) in [7, 11) is 0. The molecule has 1 aliphatic rings. The number of benzene rings is 2. The van der Waals surface area contributed by atoms with Crippen LogP contribution in [0.3, 0.4) is 0 Å². The largest absolute Gasteiger partial charge is 0.464 e. The van der Waals surface area contributed by atoms with Crippen molar-refractivity contribution < 1.29 is 42.9 Å². The van der Waals surface area contributed by atoms with Gasteiger partial charge in [-0.15, -0.1) is 0 Å². The van der Waals surface area contributed by atoms with Crippen molar-refractivity contribution in [2.24, 2.45) is 0 Å². The second kappa shape index (κ2) is 13.2. The van der Waals surface area contributed by atoms with Gasteiger partial charge in [-0.2, -0.15) is 0 Å². The molecule has 1 heterocycles. The first-order valence-electron chi connectivity index (χ1n) is 12.5. The van der Waals surface area contributed by atoms with Crippen LogP contribution in [0.2, 0.25) is 0 Å². The first-order chi connectivity index (χ1) is 18.8. The van der Waals surface area contributed by atoms with Crippen molar-refractivity contribution in [2.75, 3.05) is 36.6 Å². The van der Waals surface area contributed by atoms with Crippen LogP contribution < -0.4 is 10.2 Å². The summed E-state index contributed by atoms with van der Waals surface area (Å²) in [4.78, 5) is 65.1. The molecule has 11 nitrogen and oxygen atoms in total. The lowest BCUT2D eigenvalue weighted by Crippen LogP contribution is -2.43. The van der Waals surface area contributed by atoms with Gasteiger partial charge < -0.3 is 24.3 Å². The van der Waals surface area contributed by atoms with E-state index in [2.05, 4.69) is 5.32 Å². The molecule has 0 saturated carbocycles. The number of carbonyl (C=O) groups excluding carboxylic acids is 5. The van der Waals surface area contributed by atoms with Gasteiger partial charge in [-0.25, -0.2) is 19.2 Å².